The van der Waals surface area contributed by atoms with Gasteiger partial charge in [-0.3, -0.25) is 4.68 Å². The first-order valence-corrected chi connectivity index (χ1v) is 6.83. The van der Waals surface area contributed by atoms with E-state index in [9.17, 15) is 0 Å². The average Bonchev–Trinajstić information content (AvgIpc) is 3.19. The quantitative estimate of drug-likeness (QED) is 0.761. The van der Waals surface area contributed by atoms with Gasteiger partial charge in [0.05, 0.1) is 11.8 Å². The van der Waals surface area contributed by atoms with Crippen molar-refractivity contribution in [2.24, 2.45) is 0 Å². The number of hydrogen-bond donors (Lipinski definition) is 1. The van der Waals surface area contributed by atoms with Crippen LogP contribution in [0.4, 0.5) is 5.95 Å². The van der Waals surface area contributed by atoms with Crippen molar-refractivity contribution in [2.75, 3.05) is 11.9 Å². The molecule has 0 spiro atoms. The van der Waals surface area contributed by atoms with Crippen LogP contribution < -0.4 is 5.32 Å². The number of aryl methyl sites for hydroxylation is 1. The third-order valence-electron chi connectivity index (χ3n) is 2.88. The molecule has 0 aliphatic rings. The molecule has 0 fully saturated rings. The molecule has 3 heterocycles. The van der Waals surface area contributed by atoms with Gasteiger partial charge < -0.3 is 5.32 Å². The van der Waals surface area contributed by atoms with E-state index in [0.717, 1.165) is 18.7 Å². The fraction of sp³-hybridized carbons (Fsp3) is 0.308. The van der Waals surface area contributed by atoms with Crippen molar-refractivity contribution in [3.8, 4) is 17.3 Å². The lowest BCUT2D eigenvalue weighted by Gasteiger charge is -2.06. The summed E-state index contributed by atoms with van der Waals surface area (Å²) in [7, 11) is 0. The van der Waals surface area contributed by atoms with E-state index in [1.165, 1.54) is 0 Å². The Labute approximate surface area is 121 Å². The van der Waals surface area contributed by atoms with Gasteiger partial charge in [0, 0.05) is 31.7 Å². The van der Waals surface area contributed by atoms with Crippen molar-refractivity contribution in [3.05, 3.63) is 30.9 Å². The monoisotopic (exact) mass is 284 g/mol. The van der Waals surface area contributed by atoms with E-state index >= 15 is 0 Å². The van der Waals surface area contributed by atoms with E-state index in [4.69, 9.17) is 0 Å². The fourth-order valence-corrected chi connectivity index (χ4v) is 1.87. The molecule has 0 bridgehead atoms. The Bertz CT molecular complexity index is 716. The second kappa shape index (κ2) is 5.70. The summed E-state index contributed by atoms with van der Waals surface area (Å²) in [6.45, 7) is 5.56. The maximum atomic E-state index is 4.46. The molecule has 0 aliphatic heterocycles. The molecule has 108 valence electrons. The minimum Gasteiger partial charge on any atom is -0.354 e. The summed E-state index contributed by atoms with van der Waals surface area (Å²) in [4.78, 5) is 13.2. The topological polar surface area (TPSA) is 86.3 Å². The van der Waals surface area contributed by atoms with Crippen LogP contribution in [0.25, 0.3) is 17.3 Å². The summed E-state index contributed by atoms with van der Waals surface area (Å²) in [5, 5.41) is 11.5. The highest BCUT2D eigenvalue weighted by atomic mass is 15.4. The molecule has 0 unspecified atom stereocenters. The standard InChI is InChI=1S/C13H16N8/c1-3-14-12-17-11(10-8-16-20(4-2)9-10)18-13(19-12)21-7-5-6-15-21/h5-9H,3-4H2,1-2H3,(H,14,17,18,19). The van der Waals surface area contributed by atoms with Gasteiger partial charge in [-0.05, 0) is 19.9 Å². The molecule has 3 aromatic rings. The largest absolute Gasteiger partial charge is 0.354 e. The number of rotatable bonds is 5. The molecule has 0 saturated heterocycles. The van der Waals surface area contributed by atoms with Crippen LogP contribution in [-0.2, 0) is 6.54 Å². The summed E-state index contributed by atoms with van der Waals surface area (Å²) >= 11 is 0. The van der Waals surface area contributed by atoms with Crippen LogP contribution in [0.2, 0.25) is 0 Å². The normalized spacial score (nSPS) is 10.8. The third-order valence-corrected chi connectivity index (χ3v) is 2.88. The molecule has 0 aromatic carbocycles. The molecule has 21 heavy (non-hydrogen) atoms. The van der Waals surface area contributed by atoms with E-state index in [2.05, 4.69) is 30.5 Å². The lowest BCUT2D eigenvalue weighted by Crippen LogP contribution is -2.10. The van der Waals surface area contributed by atoms with Gasteiger partial charge in [-0.2, -0.15) is 25.1 Å². The van der Waals surface area contributed by atoms with Gasteiger partial charge in [0.2, 0.25) is 5.95 Å². The molecule has 0 amide bonds. The van der Waals surface area contributed by atoms with Gasteiger partial charge in [-0.15, -0.1) is 0 Å². The Morgan fingerprint density at radius 2 is 2.05 bits per heavy atom. The van der Waals surface area contributed by atoms with Crippen LogP contribution in [0.3, 0.4) is 0 Å². The van der Waals surface area contributed by atoms with Crippen LogP contribution in [0.5, 0.6) is 0 Å². The molecule has 0 aliphatic carbocycles. The summed E-state index contributed by atoms with van der Waals surface area (Å²) in [6, 6.07) is 1.82. The Morgan fingerprint density at radius 1 is 1.14 bits per heavy atom. The van der Waals surface area contributed by atoms with Gasteiger partial charge in [0.15, 0.2) is 5.82 Å². The van der Waals surface area contributed by atoms with Crippen LogP contribution in [0.15, 0.2) is 30.9 Å². The van der Waals surface area contributed by atoms with E-state index in [1.807, 2.05) is 30.8 Å². The zero-order valence-electron chi connectivity index (χ0n) is 11.9. The summed E-state index contributed by atoms with van der Waals surface area (Å²) in [5.41, 5.74) is 0.854. The Balaban J connectivity index is 2.06. The van der Waals surface area contributed by atoms with Gasteiger partial charge in [0.1, 0.15) is 0 Å². The molecular weight excluding hydrogens is 268 g/mol. The second-order valence-electron chi connectivity index (χ2n) is 4.35. The van der Waals surface area contributed by atoms with Crippen LogP contribution >= 0.6 is 0 Å². The molecule has 0 radical (unpaired) electrons. The van der Waals surface area contributed by atoms with E-state index < -0.39 is 0 Å². The molecule has 3 aromatic heterocycles. The lowest BCUT2D eigenvalue weighted by atomic mass is 10.3. The van der Waals surface area contributed by atoms with E-state index in [0.29, 0.717) is 17.7 Å². The minimum atomic E-state index is 0.477. The first-order chi connectivity index (χ1) is 10.3. The molecule has 3 rings (SSSR count). The number of hydrogen-bond acceptors (Lipinski definition) is 6. The lowest BCUT2D eigenvalue weighted by molar-refractivity contribution is 0.660. The fourth-order valence-electron chi connectivity index (χ4n) is 1.87. The minimum absolute atomic E-state index is 0.477. The van der Waals surface area contributed by atoms with Gasteiger partial charge in [-0.1, -0.05) is 0 Å². The molecule has 8 heteroatoms. The summed E-state index contributed by atoms with van der Waals surface area (Å²) in [6.07, 6.45) is 7.15. The molecular formula is C13H16N8. The number of nitrogens with zero attached hydrogens (tertiary/aromatic N) is 7. The van der Waals surface area contributed by atoms with Crippen molar-refractivity contribution in [3.63, 3.8) is 0 Å². The first-order valence-electron chi connectivity index (χ1n) is 6.83. The summed E-state index contributed by atoms with van der Waals surface area (Å²) in [5.74, 6) is 1.58. The second-order valence-corrected chi connectivity index (χ2v) is 4.35. The van der Waals surface area contributed by atoms with E-state index in [1.54, 1.807) is 23.3 Å². The number of aromatic nitrogens is 7. The van der Waals surface area contributed by atoms with Crippen LogP contribution in [0.1, 0.15) is 13.8 Å². The highest BCUT2D eigenvalue weighted by molar-refractivity contribution is 5.54. The van der Waals surface area contributed by atoms with Gasteiger partial charge >= 0.3 is 0 Å². The highest BCUT2D eigenvalue weighted by Gasteiger charge is 2.11. The first kappa shape index (κ1) is 13.2. The van der Waals surface area contributed by atoms with Crippen molar-refractivity contribution in [1.29, 1.82) is 0 Å². The Hall–Kier alpha value is -2.77. The maximum Gasteiger partial charge on any atom is 0.255 e. The van der Waals surface area contributed by atoms with Crippen molar-refractivity contribution in [1.82, 2.24) is 34.5 Å². The van der Waals surface area contributed by atoms with Gasteiger partial charge in [-0.25, -0.2) is 4.68 Å². The van der Waals surface area contributed by atoms with Crippen LogP contribution in [-0.4, -0.2) is 41.1 Å². The predicted octanol–water partition coefficient (Wildman–Crippen LogP) is 1.37. The van der Waals surface area contributed by atoms with Crippen molar-refractivity contribution in [2.45, 2.75) is 20.4 Å². The Morgan fingerprint density at radius 3 is 2.71 bits per heavy atom. The maximum absolute atomic E-state index is 4.46. The third kappa shape index (κ3) is 2.73. The highest BCUT2D eigenvalue weighted by Crippen LogP contribution is 2.16. The SMILES string of the molecule is CCNc1nc(-c2cnn(CC)c2)nc(-n2cccn2)n1. The predicted molar refractivity (Wildman–Crippen MR) is 78.0 cm³/mol. The van der Waals surface area contributed by atoms with Crippen molar-refractivity contribution < 1.29 is 0 Å². The number of nitrogens with one attached hydrogen (secondary N) is 1. The summed E-state index contributed by atoms with van der Waals surface area (Å²) < 4.78 is 3.44. The molecule has 8 nitrogen and oxygen atoms in total. The number of anilines is 1. The zero-order valence-corrected chi connectivity index (χ0v) is 11.9. The molecule has 1 N–H and O–H groups in total. The molecule has 0 atom stereocenters. The van der Waals surface area contributed by atoms with Crippen molar-refractivity contribution >= 4 is 5.95 Å². The van der Waals surface area contributed by atoms with Crippen LogP contribution in [0, 0.1) is 0 Å². The zero-order chi connectivity index (χ0) is 14.7. The smallest absolute Gasteiger partial charge is 0.255 e. The van der Waals surface area contributed by atoms with E-state index in [-0.39, 0.29) is 0 Å². The van der Waals surface area contributed by atoms with Gasteiger partial charge in [0.25, 0.3) is 5.95 Å². The average molecular weight is 284 g/mol. The Kier molecular flexibility index (Phi) is 3.59. The molecule has 0 saturated carbocycles.